The summed E-state index contributed by atoms with van der Waals surface area (Å²) in [5.41, 5.74) is 3.94. The summed E-state index contributed by atoms with van der Waals surface area (Å²) in [5.74, 6) is 0.0538. The Morgan fingerprint density at radius 1 is 1.33 bits per heavy atom. The van der Waals surface area contributed by atoms with Crippen molar-refractivity contribution in [3.05, 3.63) is 53.7 Å². The quantitative estimate of drug-likeness (QED) is 0.744. The van der Waals surface area contributed by atoms with Crippen molar-refractivity contribution in [3.63, 3.8) is 0 Å². The molecule has 1 N–H and O–H groups in total. The van der Waals surface area contributed by atoms with Gasteiger partial charge in [-0.05, 0) is 18.6 Å². The molecule has 0 radical (unpaired) electrons. The van der Waals surface area contributed by atoms with Crippen molar-refractivity contribution in [2.75, 3.05) is 6.54 Å². The number of benzene rings is 1. The average Bonchev–Trinajstić information content (AvgIpc) is 3.12. The number of para-hydroxylation sites is 1. The van der Waals surface area contributed by atoms with Gasteiger partial charge in [0.25, 0.3) is 5.91 Å². The van der Waals surface area contributed by atoms with Gasteiger partial charge in [0.05, 0.1) is 18.6 Å². The van der Waals surface area contributed by atoms with Crippen LogP contribution in [0, 0.1) is 6.92 Å². The van der Waals surface area contributed by atoms with Gasteiger partial charge in [0.15, 0.2) is 0 Å². The fraction of sp³-hybridized carbons (Fsp3) is 0.250. The Labute approximate surface area is 122 Å². The first-order valence-electron chi connectivity index (χ1n) is 7.09. The van der Waals surface area contributed by atoms with E-state index < -0.39 is 0 Å². The highest BCUT2D eigenvalue weighted by Gasteiger charge is 2.23. The Balaban J connectivity index is 1.66. The summed E-state index contributed by atoms with van der Waals surface area (Å²) < 4.78 is 2.10. The molecule has 0 fully saturated rings. The molecule has 0 saturated carbocycles. The Kier molecular flexibility index (Phi) is 2.60. The molecule has 5 heteroatoms. The molecule has 0 atom stereocenters. The first-order valence-corrected chi connectivity index (χ1v) is 7.09. The number of carbonyl (C=O) groups excluding carboxylic acids is 1. The van der Waals surface area contributed by atoms with E-state index in [0.717, 1.165) is 35.2 Å². The van der Waals surface area contributed by atoms with Crippen LogP contribution in [-0.2, 0) is 13.1 Å². The number of aryl methyl sites for hydroxylation is 1. The van der Waals surface area contributed by atoms with Gasteiger partial charge in [-0.15, -0.1) is 0 Å². The third kappa shape index (κ3) is 1.93. The molecule has 1 aliphatic heterocycles. The van der Waals surface area contributed by atoms with E-state index in [1.54, 1.807) is 0 Å². The molecular weight excluding hydrogens is 264 g/mol. The molecule has 3 heterocycles. The second-order valence-corrected chi connectivity index (χ2v) is 5.53. The van der Waals surface area contributed by atoms with Crippen LogP contribution in [0.4, 0.5) is 0 Å². The number of fused-ring (bicyclic) bond motifs is 2. The summed E-state index contributed by atoms with van der Waals surface area (Å²) in [4.78, 5) is 21.9. The minimum Gasteiger partial charge on any atom is -0.350 e. The fourth-order valence-corrected chi connectivity index (χ4v) is 2.95. The Morgan fingerprint density at radius 3 is 3.10 bits per heavy atom. The molecule has 0 unspecified atom stereocenters. The summed E-state index contributed by atoms with van der Waals surface area (Å²) in [6, 6.07) is 8.03. The lowest BCUT2D eigenvalue weighted by atomic mass is 10.2. The highest BCUT2D eigenvalue weighted by Crippen LogP contribution is 2.21. The van der Waals surface area contributed by atoms with Gasteiger partial charge >= 0.3 is 0 Å². The number of H-pyrrole nitrogens is 1. The van der Waals surface area contributed by atoms with Gasteiger partial charge in [-0.2, -0.15) is 0 Å². The van der Waals surface area contributed by atoms with Gasteiger partial charge in [-0.25, -0.2) is 4.98 Å². The number of rotatable bonds is 1. The van der Waals surface area contributed by atoms with Crippen molar-refractivity contribution in [2.45, 2.75) is 20.0 Å². The van der Waals surface area contributed by atoms with E-state index >= 15 is 0 Å². The van der Waals surface area contributed by atoms with Crippen LogP contribution in [-0.4, -0.2) is 31.9 Å². The summed E-state index contributed by atoms with van der Waals surface area (Å²) in [6.07, 6.45) is 3.65. The van der Waals surface area contributed by atoms with E-state index in [4.69, 9.17) is 0 Å². The average molecular weight is 280 g/mol. The van der Waals surface area contributed by atoms with Gasteiger partial charge in [0.1, 0.15) is 5.69 Å². The van der Waals surface area contributed by atoms with E-state index in [0.29, 0.717) is 12.2 Å². The van der Waals surface area contributed by atoms with Gasteiger partial charge in [0, 0.05) is 30.2 Å². The molecule has 5 nitrogen and oxygen atoms in total. The molecule has 106 valence electrons. The maximum absolute atomic E-state index is 12.7. The van der Waals surface area contributed by atoms with Gasteiger partial charge < -0.3 is 14.5 Å². The SMILES string of the molecule is Cc1cccc2cc(C(=O)N3CCn4cncc4C3)[nH]c12. The molecule has 1 amide bonds. The number of aromatic nitrogens is 3. The molecule has 3 aromatic rings. The predicted octanol–water partition coefficient (Wildman–Crippen LogP) is 2.33. The number of nitrogens with zero attached hydrogens (tertiary/aromatic N) is 3. The van der Waals surface area contributed by atoms with Crippen LogP contribution < -0.4 is 0 Å². The van der Waals surface area contributed by atoms with Crippen molar-refractivity contribution in [1.82, 2.24) is 19.4 Å². The lowest BCUT2D eigenvalue weighted by molar-refractivity contribution is 0.0706. The van der Waals surface area contributed by atoms with Crippen LogP contribution >= 0.6 is 0 Å². The standard InChI is InChI=1S/C16H16N4O/c1-11-3-2-4-12-7-14(18-15(11)12)16(21)19-5-6-20-10-17-8-13(20)9-19/h2-4,7-8,10,18H,5-6,9H2,1H3. The second-order valence-electron chi connectivity index (χ2n) is 5.53. The van der Waals surface area contributed by atoms with Crippen molar-refractivity contribution in [2.24, 2.45) is 0 Å². The van der Waals surface area contributed by atoms with E-state index in [1.165, 1.54) is 0 Å². The minimum absolute atomic E-state index is 0.0538. The van der Waals surface area contributed by atoms with Crippen molar-refractivity contribution in [1.29, 1.82) is 0 Å². The molecule has 1 aliphatic rings. The molecule has 0 aliphatic carbocycles. The lowest BCUT2D eigenvalue weighted by Gasteiger charge is -2.27. The fourth-order valence-electron chi connectivity index (χ4n) is 2.95. The number of imidazole rings is 1. The zero-order valence-electron chi connectivity index (χ0n) is 11.8. The predicted molar refractivity (Wildman–Crippen MR) is 80.0 cm³/mol. The van der Waals surface area contributed by atoms with E-state index in [9.17, 15) is 4.79 Å². The largest absolute Gasteiger partial charge is 0.350 e. The summed E-state index contributed by atoms with van der Waals surface area (Å²) in [5, 5.41) is 1.08. The smallest absolute Gasteiger partial charge is 0.270 e. The molecule has 2 aromatic heterocycles. The first-order chi connectivity index (χ1) is 10.2. The molecule has 0 saturated heterocycles. The summed E-state index contributed by atoms with van der Waals surface area (Å²) in [7, 11) is 0. The zero-order valence-corrected chi connectivity index (χ0v) is 11.8. The molecule has 0 spiro atoms. The molecule has 0 bridgehead atoms. The number of carbonyl (C=O) groups is 1. The number of hydrogen-bond donors (Lipinski definition) is 1. The van der Waals surface area contributed by atoms with Crippen LogP contribution in [0.1, 0.15) is 21.7 Å². The third-order valence-electron chi connectivity index (χ3n) is 4.14. The zero-order chi connectivity index (χ0) is 14.4. The third-order valence-corrected chi connectivity index (χ3v) is 4.14. The first kappa shape index (κ1) is 12.2. The maximum atomic E-state index is 12.7. The van der Waals surface area contributed by atoms with Crippen LogP contribution in [0.25, 0.3) is 10.9 Å². The number of nitrogens with one attached hydrogen (secondary N) is 1. The van der Waals surface area contributed by atoms with Crippen LogP contribution in [0.2, 0.25) is 0 Å². The van der Waals surface area contributed by atoms with E-state index in [-0.39, 0.29) is 5.91 Å². The highest BCUT2D eigenvalue weighted by atomic mass is 16.2. The summed E-state index contributed by atoms with van der Waals surface area (Å²) >= 11 is 0. The lowest BCUT2D eigenvalue weighted by Crippen LogP contribution is -2.38. The summed E-state index contributed by atoms with van der Waals surface area (Å²) in [6.45, 7) is 4.19. The Hall–Kier alpha value is -2.56. The van der Waals surface area contributed by atoms with Crippen molar-refractivity contribution < 1.29 is 4.79 Å². The number of aromatic amines is 1. The van der Waals surface area contributed by atoms with Gasteiger partial charge in [-0.1, -0.05) is 18.2 Å². The van der Waals surface area contributed by atoms with E-state index in [2.05, 4.69) is 14.5 Å². The molecule has 1 aromatic carbocycles. The van der Waals surface area contributed by atoms with E-state index in [1.807, 2.05) is 48.6 Å². The Bertz CT molecular complexity index is 830. The van der Waals surface area contributed by atoms with Crippen LogP contribution in [0.15, 0.2) is 36.8 Å². The maximum Gasteiger partial charge on any atom is 0.270 e. The van der Waals surface area contributed by atoms with Crippen molar-refractivity contribution >= 4 is 16.8 Å². The molecule has 21 heavy (non-hydrogen) atoms. The topological polar surface area (TPSA) is 53.9 Å². The van der Waals surface area contributed by atoms with Crippen molar-refractivity contribution in [3.8, 4) is 0 Å². The van der Waals surface area contributed by atoms with Gasteiger partial charge in [0.2, 0.25) is 0 Å². The van der Waals surface area contributed by atoms with Crippen LogP contribution in [0.5, 0.6) is 0 Å². The number of hydrogen-bond acceptors (Lipinski definition) is 2. The monoisotopic (exact) mass is 280 g/mol. The normalized spacial score (nSPS) is 14.4. The Morgan fingerprint density at radius 2 is 2.24 bits per heavy atom. The second kappa shape index (κ2) is 4.48. The minimum atomic E-state index is 0.0538. The van der Waals surface area contributed by atoms with Gasteiger partial charge in [-0.3, -0.25) is 4.79 Å². The molecular formula is C16H16N4O. The number of amides is 1. The van der Waals surface area contributed by atoms with Crippen LogP contribution in [0.3, 0.4) is 0 Å². The highest BCUT2D eigenvalue weighted by molar-refractivity contribution is 5.98. The molecule has 4 rings (SSSR count).